The maximum atomic E-state index is 12.7. The Morgan fingerprint density at radius 2 is 1.81 bits per heavy atom. The van der Waals surface area contributed by atoms with E-state index in [1.54, 1.807) is 4.90 Å². The minimum Gasteiger partial charge on any atom is -0.368 e. The van der Waals surface area contributed by atoms with Gasteiger partial charge in [0, 0.05) is 32.8 Å². The molecule has 2 aliphatic rings. The average molecular weight is 371 g/mol. The maximum absolute atomic E-state index is 12.7. The van der Waals surface area contributed by atoms with Gasteiger partial charge in [-0.05, 0) is 31.9 Å². The Labute approximate surface area is 148 Å². The number of carbonyl (C=O) groups excluding carboxylic acids is 2. The second-order valence-electron chi connectivity index (χ2n) is 6.45. The van der Waals surface area contributed by atoms with Gasteiger partial charge < -0.3 is 14.5 Å². The van der Waals surface area contributed by atoms with Crippen molar-refractivity contribution < 1.29 is 27.5 Å². The van der Waals surface area contributed by atoms with Crippen LogP contribution in [0.15, 0.2) is 12.1 Å². The molecule has 0 bridgehead atoms. The van der Waals surface area contributed by atoms with Gasteiger partial charge in [0.1, 0.15) is 11.8 Å². The summed E-state index contributed by atoms with van der Waals surface area (Å²) in [5.41, 5.74) is -0.821. The second-order valence-corrected chi connectivity index (χ2v) is 6.45. The fraction of sp³-hybridized carbons (Fsp3) is 0.588. The van der Waals surface area contributed by atoms with E-state index < -0.39 is 18.0 Å². The van der Waals surface area contributed by atoms with Crippen molar-refractivity contribution in [1.82, 2.24) is 14.8 Å². The standard InChI is InChI=1S/C17H20F3N3O3/c1-11-12(4-5-14(21-11)17(18,19)20)15(24)22-6-8-23(9-7-22)16(25)13-3-2-10-26-13/h4-5,13H,2-3,6-10H2,1H3. The van der Waals surface area contributed by atoms with Gasteiger partial charge in [-0.25, -0.2) is 4.98 Å². The quantitative estimate of drug-likeness (QED) is 0.796. The summed E-state index contributed by atoms with van der Waals surface area (Å²) in [5, 5.41) is 0. The Hall–Kier alpha value is -2.16. The third kappa shape index (κ3) is 3.82. The summed E-state index contributed by atoms with van der Waals surface area (Å²) < 4.78 is 43.5. The summed E-state index contributed by atoms with van der Waals surface area (Å²) in [6, 6.07) is 1.98. The monoisotopic (exact) mass is 371 g/mol. The smallest absolute Gasteiger partial charge is 0.368 e. The van der Waals surface area contributed by atoms with Crippen molar-refractivity contribution in [3.63, 3.8) is 0 Å². The predicted molar refractivity (Wildman–Crippen MR) is 85.4 cm³/mol. The fourth-order valence-electron chi connectivity index (χ4n) is 3.22. The molecule has 0 aromatic carbocycles. The zero-order valence-corrected chi connectivity index (χ0v) is 14.4. The Bertz CT molecular complexity index is 694. The van der Waals surface area contributed by atoms with E-state index >= 15 is 0 Å². The van der Waals surface area contributed by atoms with Crippen LogP contribution in [0, 0.1) is 6.92 Å². The van der Waals surface area contributed by atoms with Gasteiger partial charge in [-0.15, -0.1) is 0 Å². The van der Waals surface area contributed by atoms with E-state index in [0.29, 0.717) is 39.2 Å². The van der Waals surface area contributed by atoms with E-state index in [-0.39, 0.29) is 23.1 Å². The van der Waals surface area contributed by atoms with Gasteiger partial charge in [0.15, 0.2) is 0 Å². The van der Waals surface area contributed by atoms with Crippen molar-refractivity contribution in [3.8, 4) is 0 Å². The van der Waals surface area contributed by atoms with Crippen LogP contribution >= 0.6 is 0 Å². The number of carbonyl (C=O) groups is 2. The van der Waals surface area contributed by atoms with Gasteiger partial charge in [-0.3, -0.25) is 9.59 Å². The van der Waals surface area contributed by atoms with Crippen LogP contribution in [0.5, 0.6) is 0 Å². The summed E-state index contributed by atoms with van der Waals surface area (Å²) >= 11 is 0. The second kappa shape index (κ2) is 7.22. The van der Waals surface area contributed by atoms with Gasteiger partial charge in [-0.2, -0.15) is 13.2 Å². The SMILES string of the molecule is Cc1nc(C(F)(F)F)ccc1C(=O)N1CCN(C(=O)C2CCCO2)CC1. The number of aromatic nitrogens is 1. The molecule has 0 spiro atoms. The zero-order valence-electron chi connectivity index (χ0n) is 14.4. The van der Waals surface area contributed by atoms with Gasteiger partial charge in [0.2, 0.25) is 0 Å². The summed E-state index contributed by atoms with van der Waals surface area (Å²) in [7, 11) is 0. The molecule has 142 valence electrons. The van der Waals surface area contributed by atoms with Crippen LogP contribution in [0.1, 0.15) is 34.6 Å². The minimum atomic E-state index is -4.54. The molecule has 0 saturated carbocycles. The van der Waals surface area contributed by atoms with E-state index in [1.165, 1.54) is 11.8 Å². The Balaban J connectivity index is 1.62. The molecule has 1 unspecified atom stereocenters. The van der Waals surface area contributed by atoms with Crippen LogP contribution < -0.4 is 0 Å². The number of hydrogen-bond donors (Lipinski definition) is 0. The molecule has 0 aliphatic carbocycles. The molecule has 1 atom stereocenters. The topological polar surface area (TPSA) is 62.7 Å². The normalized spacial score (nSPS) is 21.2. The van der Waals surface area contributed by atoms with E-state index in [2.05, 4.69) is 4.98 Å². The molecule has 6 nitrogen and oxygen atoms in total. The van der Waals surface area contributed by atoms with Crippen molar-refractivity contribution in [2.45, 2.75) is 32.0 Å². The lowest BCUT2D eigenvalue weighted by Gasteiger charge is -2.36. The van der Waals surface area contributed by atoms with Gasteiger partial charge in [-0.1, -0.05) is 0 Å². The lowest BCUT2D eigenvalue weighted by Crippen LogP contribution is -2.52. The molecule has 3 heterocycles. The molecular formula is C17H20F3N3O3. The number of nitrogens with zero attached hydrogens (tertiary/aromatic N) is 3. The summed E-state index contributed by atoms with van der Waals surface area (Å²) in [6.45, 7) is 3.42. The number of ether oxygens (including phenoxy) is 1. The zero-order chi connectivity index (χ0) is 18.9. The summed E-state index contributed by atoms with van der Waals surface area (Å²) in [5.74, 6) is -0.421. The summed E-state index contributed by atoms with van der Waals surface area (Å²) in [6.07, 6.45) is -3.34. The van der Waals surface area contributed by atoms with Crippen molar-refractivity contribution in [2.75, 3.05) is 32.8 Å². The Morgan fingerprint density at radius 3 is 2.35 bits per heavy atom. The van der Waals surface area contributed by atoms with Crippen LogP contribution in [-0.4, -0.2) is 65.5 Å². The molecule has 9 heteroatoms. The average Bonchev–Trinajstić information content (AvgIpc) is 3.14. The van der Waals surface area contributed by atoms with E-state index in [9.17, 15) is 22.8 Å². The van der Waals surface area contributed by atoms with Crippen molar-refractivity contribution >= 4 is 11.8 Å². The molecule has 2 saturated heterocycles. The first-order chi connectivity index (χ1) is 12.3. The number of alkyl halides is 3. The van der Waals surface area contributed by atoms with Crippen LogP contribution in [0.25, 0.3) is 0 Å². The lowest BCUT2D eigenvalue weighted by atomic mass is 10.1. The number of piperazine rings is 1. The first kappa shape index (κ1) is 18.6. The van der Waals surface area contributed by atoms with Gasteiger partial charge in [0.25, 0.3) is 11.8 Å². The maximum Gasteiger partial charge on any atom is 0.433 e. The van der Waals surface area contributed by atoms with Gasteiger partial charge in [0.05, 0.1) is 11.3 Å². The number of rotatable bonds is 2. The highest BCUT2D eigenvalue weighted by molar-refractivity contribution is 5.95. The first-order valence-corrected chi connectivity index (χ1v) is 8.52. The third-order valence-electron chi connectivity index (χ3n) is 4.69. The molecule has 0 N–H and O–H groups in total. The molecule has 2 aliphatic heterocycles. The molecule has 3 rings (SSSR count). The van der Waals surface area contributed by atoms with Crippen LogP contribution in [0.4, 0.5) is 13.2 Å². The molecule has 0 radical (unpaired) electrons. The Morgan fingerprint density at radius 1 is 1.15 bits per heavy atom. The number of amides is 2. The highest BCUT2D eigenvalue weighted by atomic mass is 19.4. The third-order valence-corrected chi connectivity index (χ3v) is 4.69. The highest BCUT2D eigenvalue weighted by Gasteiger charge is 2.34. The number of pyridine rings is 1. The van der Waals surface area contributed by atoms with E-state index in [0.717, 1.165) is 18.6 Å². The minimum absolute atomic E-state index is 0.0442. The van der Waals surface area contributed by atoms with Crippen molar-refractivity contribution in [3.05, 3.63) is 29.1 Å². The van der Waals surface area contributed by atoms with Crippen molar-refractivity contribution in [2.24, 2.45) is 0 Å². The van der Waals surface area contributed by atoms with E-state index in [4.69, 9.17) is 4.74 Å². The number of hydrogen-bond acceptors (Lipinski definition) is 4. The molecule has 26 heavy (non-hydrogen) atoms. The van der Waals surface area contributed by atoms with Crippen LogP contribution in [-0.2, 0) is 15.7 Å². The lowest BCUT2D eigenvalue weighted by molar-refractivity contribution is -0.142. The van der Waals surface area contributed by atoms with Crippen LogP contribution in [0.3, 0.4) is 0 Å². The molecule has 2 amide bonds. The molecule has 2 fully saturated rings. The molecular weight excluding hydrogens is 351 g/mol. The van der Waals surface area contributed by atoms with Gasteiger partial charge >= 0.3 is 6.18 Å². The molecule has 1 aromatic heterocycles. The first-order valence-electron chi connectivity index (χ1n) is 8.52. The summed E-state index contributed by atoms with van der Waals surface area (Å²) in [4.78, 5) is 31.6. The van der Waals surface area contributed by atoms with Crippen LogP contribution in [0.2, 0.25) is 0 Å². The largest absolute Gasteiger partial charge is 0.433 e. The predicted octanol–water partition coefficient (Wildman–Crippen LogP) is 1.87. The molecule has 1 aromatic rings. The fourth-order valence-corrected chi connectivity index (χ4v) is 3.22. The Kier molecular flexibility index (Phi) is 5.17. The number of aryl methyl sites for hydroxylation is 1. The highest BCUT2D eigenvalue weighted by Crippen LogP contribution is 2.28. The van der Waals surface area contributed by atoms with E-state index in [1.807, 2.05) is 0 Å². The van der Waals surface area contributed by atoms with Crippen molar-refractivity contribution in [1.29, 1.82) is 0 Å². The number of halogens is 3.